The van der Waals surface area contributed by atoms with E-state index in [4.69, 9.17) is 10.2 Å². The van der Waals surface area contributed by atoms with E-state index in [2.05, 4.69) is 10.6 Å². The number of carboxylic acids is 2. The molecular formula is C11H17N3O6. The number of rotatable bonds is 7. The van der Waals surface area contributed by atoms with Crippen LogP contribution in [0, 0.1) is 0 Å². The van der Waals surface area contributed by atoms with Gasteiger partial charge in [0, 0.05) is 0 Å². The van der Waals surface area contributed by atoms with Gasteiger partial charge in [0.1, 0.15) is 6.04 Å². The minimum Gasteiger partial charge on any atom is -0.481 e. The second-order valence-corrected chi connectivity index (χ2v) is 4.42. The summed E-state index contributed by atoms with van der Waals surface area (Å²) in [6.45, 7) is 0.352. The first-order valence-corrected chi connectivity index (χ1v) is 6.15. The number of carbonyl (C=O) groups excluding carboxylic acids is 2. The molecule has 2 atom stereocenters. The third-order valence-electron chi connectivity index (χ3n) is 2.81. The molecule has 0 aromatic heterocycles. The number of nitrogens with one attached hydrogen (secondary N) is 3. The van der Waals surface area contributed by atoms with Crippen LogP contribution in [0.3, 0.4) is 0 Å². The van der Waals surface area contributed by atoms with Gasteiger partial charge in [0.2, 0.25) is 11.8 Å². The van der Waals surface area contributed by atoms with Crippen LogP contribution in [-0.2, 0) is 19.2 Å². The Morgan fingerprint density at radius 2 is 1.95 bits per heavy atom. The summed E-state index contributed by atoms with van der Waals surface area (Å²) in [5.74, 6) is -3.85. The summed E-state index contributed by atoms with van der Waals surface area (Å²) in [5, 5.41) is 24.6. The molecule has 2 amide bonds. The van der Waals surface area contributed by atoms with Crippen molar-refractivity contribution in [3.63, 3.8) is 0 Å². The fourth-order valence-electron chi connectivity index (χ4n) is 1.82. The molecule has 20 heavy (non-hydrogen) atoms. The number of carbonyl (C=O) groups is 4. The first kappa shape index (κ1) is 15.9. The van der Waals surface area contributed by atoms with Crippen LogP contribution in [0.5, 0.6) is 0 Å². The molecule has 1 fully saturated rings. The minimum atomic E-state index is -1.51. The van der Waals surface area contributed by atoms with E-state index in [0.29, 0.717) is 6.42 Å². The van der Waals surface area contributed by atoms with E-state index in [0.717, 1.165) is 13.0 Å². The zero-order valence-corrected chi connectivity index (χ0v) is 10.7. The molecule has 0 bridgehead atoms. The van der Waals surface area contributed by atoms with Crippen molar-refractivity contribution in [1.82, 2.24) is 16.0 Å². The Morgan fingerprint density at radius 3 is 2.45 bits per heavy atom. The van der Waals surface area contributed by atoms with Crippen molar-refractivity contribution in [2.75, 3.05) is 13.1 Å². The van der Waals surface area contributed by atoms with Crippen molar-refractivity contribution in [2.45, 2.75) is 31.3 Å². The Morgan fingerprint density at radius 1 is 1.25 bits per heavy atom. The molecule has 0 spiro atoms. The van der Waals surface area contributed by atoms with E-state index < -0.39 is 30.3 Å². The van der Waals surface area contributed by atoms with Gasteiger partial charge in [-0.1, -0.05) is 0 Å². The zero-order valence-electron chi connectivity index (χ0n) is 10.7. The highest BCUT2D eigenvalue weighted by molar-refractivity contribution is 5.90. The lowest BCUT2D eigenvalue weighted by Crippen LogP contribution is -2.48. The number of amides is 2. The lowest BCUT2D eigenvalue weighted by atomic mass is 10.2. The summed E-state index contributed by atoms with van der Waals surface area (Å²) in [4.78, 5) is 44.2. The third-order valence-corrected chi connectivity index (χ3v) is 2.81. The Labute approximate surface area is 114 Å². The molecule has 9 nitrogen and oxygen atoms in total. The number of hydrogen-bond donors (Lipinski definition) is 5. The van der Waals surface area contributed by atoms with Gasteiger partial charge in [-0.15, -0.1) is 0 Å². The smallest absolute Gasteiger partial charge is 0.326 e. The van der Waals surface area contributed by atoms with Gasteiger partial charge in [-0.05, 0) is 19.4 Å². The molecule has 1 aliphatic heterocycles. The summed E-state index contributed by atoms with van der Waals surface area (Å²) in [6, 6.07) is -1.85. The van der Waals surface area contributed by atoms with Crippen LogP contribution in [0.1, 0.15) is 19.3 Å². The summed E-state index contributed by atoms with van der Waals surface area (Å²) >= 11 is 0. The lowest BCUT2D eigenvalue weighted by Gasteiger charge is -2.14. The molecule has 1 aliphatic rings. The lowest BCUT2D eigenvalue weighted by molar-refractivity contribution is -0.147. The van der Waals surface area contributed by atoms with E-state index >= 15 is 0 Å². The van der Waals surface area contributed by atoms with Crippen molar-refractivity contribution in [1.29, 1.82) is 0 Å². The molecule has 1 heterocycles. The summed E-state index contributed by atoms with van der Waals surface area (Å²) in [6.07, 6.45) is 0.841. The van der Waals surface area contributed by atoms with Gasteiger partial charge >= 0.3 is 11.9 Å². The van der Waals surface area contributed by atoms with Crippen molar-refractivity contribution in [2.24, 2.45) is 0 Å². The van der Waals surface area contributed by atoms with E-state index in [1.54, 1.807) is 0 Å². The highest BCUT2D eigenvalue weighted by Crippen LogP contribution is 2.04. The van der Waals surface area contributed by atoms with Crippen molar-refractivity contribution in [3.8, 4) is 0 Å². The molecular weight excluding hydrogens is 270 g/mol. The van der Waals surface area contributed by atoms with Crippen molar-refractivity contribution < 1.29 is 29.4 Å². The van der Waals surface area contributed by atoms with Crippen molar-refractivity contribution in [3.05, 3.63) is 0 Å². The highest BCUT2D eigenvalue weighted by Gasteiger charge is 2.25. The van der Waals surface area contributed by atoms with E-state index in [9.17, 15) is 19.2 Å². The van der Waals surface area contributed by atoms with Gasteiger partial charge in [-0.3, -0.25) is 14.4 Å². The Hall–Kier alpha value is -2.16. The molecule has 0 aliphatic carbocycles. The molecule has 112 valence electrons. The normalized spacial score (nSPS) is 19.1. The van der Waals surface area contributed by atoms with Crippen LogP contribution in [-0.4, -0.2) is 59.1 Å². The van der Waals surface area contributed by atoms with Gasteiger partial charge in [-0.2, -0.15) is 0 Å². The fourth-order valence-corrected chi connectivity index (χ4v) is 1.82. The van der Waals surface area contributed by atoms with Gasteiger partial charge in [0.25, 0.3) is 0 Å². The first-order valence-electron chi connectivity index (χ1n) is 6.15. The topological polar surface area (TPSA) is 145 Å². The summed E-state index contributed by atoms with van der Waals surface area (Å²) < 4.78 is 0. The van der Waals surface area contributed by atoms with Crippen LogP contribution in [0.4, 0.5) is 0 Å². The van der Waals surface area contributed by atoms with E-state index in [1.807, 2.05) is 5.32 Å². The van der Waals surface area contributed by atoms with Crippen LogP contribution in [0.25, 0.3) is 0 Å². The average molecular weight is 287 g/mol. The second-order valence-electron chi connectivity index (χ2n) is 4.42. The zero-order chi connectivity index (χ0) is 15.1. The Balaban J connectivity index is 2.35. The van der Waals surface area contributed by atoms with Gasteiger partial charge in [-0.25, -0.2) is 4.79 Å². The molecule has 5 N–H and O–H groups in total. The quantitative estimate of drug-likeness (QED) is 0.360. The van der Waals surface area contributed by atoms with Crippen LogP contribution in [0.2, 0.25) is 0 Å². The van der Waals surface area contributed by atoms with Gasteiger partial charge < -0.3 is 26.2 Å². The predicted molar refractivity (Wildman–Crippen MR) is 65.9 cm³/mol. The van der Waals surface area contributed by atoms with Gasteiger partial charge in [0.05, 0.1) is 19.0 Å². The highest BCUT2D eigenvalue weighted by atomic mass is 16.4. The number of aliphatic carboxylic acids is 2. The monoisotopic (exact) mass is 287 g/mol. The Kier molecular flexibility index (Phi) is 5.91. The molecule has 0 unspecified atom stereocenters. The minimum absolute atomic E-state index is 0.331. The molecule has 0 saturated carbocycles. The van der Waals surface area contributed by atoms with E-state index in [1.165, 1.54) is 0 Å². The first-order chi connectivity index (χ1) is 9.40. The van der Waals surface area contributed by atoms with Gasteiger partial charge in [0.15, 0.2) is 0 Å². The summed E-state index contributed by atoms with van der Waals surface area (Å²) in [7, 11) is 0. The maximum atomic E-state index is 11.6. The maximum absolute atomic E-state index is 11.6. The van der Waals surface area contributed by atoms with Crippen molar-refractivity contribution >= 4 is 23.8 Å². The number of carboxylic acid groups (broad SMARTS) is 2. The molecule has 0 radical (unpaired) electrons. The predicted octanol–water partition coefficient (Wildman–Crippen LogP) is -2.10. The molecule has 1 rings (SSSR count). The SMILES string of the molecule is O=C(O)C[C@H](NC(=O)CNC(=O)[C@@H]1CCCN1)C(=O)O. The second kappa shape index (κ2) is 7.43. The van der Waals surface area contributed by atoms with Crippen LogP contribution >= 0.6 is 0 Å². The Bertz CT molecular complexity index is 405. The van der Waals surface area contributed by atoms with E-state index in [-0.39, 0.29) is 18.5 Å². The maximum Gasteiger partial charge on any atom is 0.326 e. The molecule has 0 aromatic carbocycles. The van der Waals surface area contributed by atoms with Crippen LogP contribution < -0.4 is 16.0 Å². The summed E-state index contributed by atoms with van der Waals surface area (Å²) in [5.41, 5.74) is 0. The fraction of sp³-hybridized carbons (Fsp3) is 0.636. The largest absolute Gasteiger partial charge is 0.481 e. The number of hydrogen-bond acceptors (Lipinski definition) is 5. The molecule has 1 saturated heterocycles. The standard InChI is InChI=1S/C11H17N3O6/c15-8(14-7(11(19)20)4-9(16)17)5-13-10(18)6-2-1-3-12-6/h6-7,12H,1-5H2,(H,13,18)(H,14,15)(H,16,17)(H,19,20)/t6-,7-/m0/s1. The van der Waals surface area contributed by atoms with Crippen LogP contribution in [0.15, 0.2) is 0 Å². The third kappa shape index (κ3) is 5.22. The molecule has 9 heteroatoms. The molecule has 0 aromatic rings. The average Bonchev–Trinajstić information content (AvgIpc) is 2.88.